The standard InChI is InChI=1S/C24H19N3O2S/c1-16-18(23-25-20-11-5-6-13-21(20)29-23)10-7-12-19(16)26-24(30)27-22(28)15-14-17-8-3-2-4-9-17/h2-15H,1H3,(H2,26,27,28,30)/b15-14+. The lowest BCUT2D eigenvalue weighted by molar-refractivity contribution is -0.115. The van der Waals surface area contributed by atoms with Crippen molar-refractivity contribution in [2.45, 2.75) is 6.92 Å². The predicted molar refractivity (Wildman–Crippen MR) is 124 cm³/mol. The van der Waals surface area contributed by atoms with Crippen molar-refractivity contribution < 1.29 is 9.21 Å². The Labute approximate surface area is 179 Å². The average Bonchev–Trinajstić information content (AvgIpc) is 3.18. The van der Waals surface area contributed by atoms with Gasteiger partial charge in [0.15, 0.2) is 10.7 Å². The van der Waals surface area contributed by atoms with Gasteiger partial charge in [0, 0.05) is 17.3 Å². The van der Waals surface area contributed by atoms with Gasteiger partial charge in [-0.05, 0) is 60.6 Å². The van der Waals surface area contributed by atoms with Crippen molar-refractivity contribution in [3.05, 3.63) is 90.0 Å². The number of thiocarbonyl (C=S) groups is 1. The summed E-state index contributed by atoms with van der Waals surface area (Å²) in [5.41, 5.74) is 5.02. The van der Waals surface area contributed by atoms with E-state index < -0.39 is 0 Å². The number of carbonyl (C=O) groups excluding carboxylic acids is 1. The van der Waals surface area contributed by atoms with E-state index in [1.165, 1.54) is 6.08 Å². The highest BCUT2D eigenvalue weighted by Gasteiger charge is 2.13. The number of para-hydroxylation sites is 2. The molecule has 148 valence electrons. The fraction of sp³-hybridized carbons (Fsp3) is 0.0417. The van der Waals surface area contributed by atoms with Crippen LogP contribution in [0, 0.1) is 6.92 Å². The van der Waals surface area contributed by atoms with Gasteiger partial charge < -0.3 is 9.73 Å². The Morgan fingerprint density at radius 3 is 2.57 bits per heavy atom. The van der Waals surface area contributed by atoms with Crippen LogP contribution in [0.1, 0.15) is 11.1 Å². The maximum absolute atomic E-state index is 12.1. The number of rotatable bonds is 4. The maximum atomic E-state index is 12.1. The molecule has 0 bridgehead atoms. The van der Waals surface area contributed by atoms with E-state index in [0.29, 0.717) is 5.89 Å². The van der Waals surface area contributed by atoms with Crippen molar-refractivity contribution >= 4 is 46.1 Å². The van der Waals surface area contributed by atoms with Gasteiger partial charge in [-0.25, -0.2) is 4.98 Å². The van der Waals surface area contributed by atoms with Gasteiger partial charge in [-0.3, -0.25) is 10.1 Å². The monoisotopic (exact) mass is 413 g/mol. The Morgan fingerprint density at radius 1 is 1.00 bits per heavy atom. The number of oxazole rings is 1. The quantitative estimate of drug-likeness (QED) is 0.350. The van der Waals surface area contributed by atoms with Gasteiger partial charge in [0.05, 0.1) is 0 Å². The highest BCUT2D eigenvalue weighted by molar-refractivity contribution is 7.80. The van der Waals surface area contributed by atoms with E-state index in [-0.39, 0.29) is 11.0 Å². The molecule has 1 heterocycles. The Bertz CT molecular complexity index is 1210. The van der Waals surface area contributed by atoms with E-state index in [1.807, 2.05) is 79.7 Å². The summed E-state index contributed by atoms with van der Waals surface area (Å²) in [7, 11) is 0. The van der Waals surface area contributed by atoms with Crippen LogP contribution in [0.3, 0.4) is 0 Å². The third kappa shape index (κ3) is 4.45. The van der Waals surface area contributed by atoms with Crippen molar-refractivity contribution in [2.75, 3.05) is 5.32 Å². The first kappa shape index (κ1) is 19.5. The van der Waals surface area contributed by atoms with Crippen LogP contribution in [-0.4, -0.2) is 16.0 Å². The number of anilines is 1. The average molecular weight is 414 g/mol. The highest BCUT2D eigenvalue weighted by Crippen LogP contribution is 2.30. The van der Waals surface area contributed by atoms with Crippen molar-refractivity contribution in [2.24, 2.45) is 0 Å². The predicted octanol–water partition coefficient (Wildman–Crippen LogP) is 5.33. The number of fused-ring (bicyclic) bond motifs is 1. The molecule has 4 rings (SSSR count). The minimum atomic E-state index is -0.302. The van der Waals surface area contributed by atoms with Gasteiger partial charge in [-0.2, -0.15) is 0 Å². The van der Waals surface area contributed by atoms with Crippen molar-refractivity contribution in [3.8, 4) is 11.5 Å². The fourth-order valence-electron chi connectivity index (χ4n) is 3.03. The van der Waals surface area contributed by atoms with Crippen LogP contribution in [0.15, 0.2) is 83.3 Å². The summed E-state index contributed by atoms with van der Waals surface area (Å²) in [4.78, 5) is 16.7. The molecule has 1 amide bonds. The van der Waals surface area contributed by atoms with Crippen LogP contribution in [0.4, 0.5) is 5.69 Å². The Kier molecular flexibility index (Phi) is 5.68. The van der Waals surface area contributed by atoms with Gasteiger partial charge >= 0.3 is 0 Å². The molecule has 0 aliphatic heterocycles. The summed E-state index contributed by atoms with van der Waals surface area (Å²) in [6.45, 7) is 1.95. The Hall–Kier alpha value is -3.77. The van der Waals surface area contributed by atoms with Crippen LogP contribution < -0.4 is 10.6 Å². The summed E-state index contributed by atoms with van der Waals surface area (Å²) in [5.74, 6) is 0.238. The topological polar surface area (TPSA) is 67.2 Å². The molecule has 0 atom stereocenters. The summed E-state index contributed by atoms with van der Waals surface area (Å²) in [6, 6.07) is 22.9. The summed E-state index contributed by atoms with van der Waals surface area (Å²) < 4.78 is 5.88. The van der Waals surface area contributed by atoms with Gasteiger partial charge in [-0.1, -0.05) is 48.5 Å². The molecular weight excluding hydrogens is 394 g/mol. The van der Waals surface area contributed by atoms with Crippen molar-refractivity contribution in [1.82, 2.24) is 10.3 Å². The number of carbonyl (C=O) groups is 1. The van der Waals surface area contributed by atoms with Crippen LogP contribution in [0.5, 0.6) is 0 Å². The van der Waals surface area contributed by atoms with Crippen molar-refractivity contribution in [1.29, 1.82) is 0 Å². The second-order valence-electron chi connectivity index (χ2n) is 6.65. The number of hydrogen-bond donors (Lipinski definition) is 2. The molecule has 30 heavy (non-hydrogen) atoms. The zero-order chi connectivity index (χ0) is 20.9. The molecule has 0 aliphatic carbocycles. The first-order valence-electron chi connectivity index (χ1n) is 9.41. The largest absolute Gasteiger partial charge is 0.436 e. The number of benzene rings is 3. The third-order valence-corrected chi connectivity index (χ3v) is 4.77. The minimum absolute atomic E-state index is 0.218. The molecule has 0 saturated heterocycles. The first-order chi connectivity index (χ1) is 14.6. The van der Waals surface area contributed by atoms with Gasteiger partial charge in [0.25, 0.3) is 0 Å². The van der Waals surface area contributed by atoms with Crippen molar-refractivity contribution in [3.63, 3.8) is 0 Å². The number of aromatic nitrogens is 1. The molecule has 6 heteroatoms. The van der Waals surface area contributed by atoms with E-state index in [9.17, 15) is 4.79 Å². The molecule has 0 saturated carbocycles. The maximum Gasteiger partial charge on any atom is 0.250 e. The molecule has 0 unspecified atom stereocenters. The Balaban J connectivity index is 1.47. The molecule has 3 aromatic carbocycles. The smallest absolute Gasteiger partial charge is 0.250 e. The summed E-state index contributed by atoms with van der Waals surface area (Å²) in [5, 5.41) is 5.96. The molecule has 0 aliphatic rings. The van der Waals surface area contributed by atoms with Crippen LogP contribution in [-0.2, 0) is 4.79 Å². The molecular formula is C24H19N3O2S. The van der Waals surface area contributed by atoms with Gasteiger partial charge in [-0.15, -0.1) is 0 Å². The SMILES string of the molecule is Cc1c(NC(=S)NC(=O)/C=C/c2ccccc2)cccc1-c1nc2ccccc2o1. The molecule has 0 fully saturated rings. The van der Waals surface area contributed by atoms with E-state index in [0.717, 1.165) is 33.5 Å². The van der Waals surface area contributed by atoms with Crippen LogP contribution >= 0.6 is 12.2 Å². The van der Waals surface area contributed by atoms with E-state index in [1.54, 1.807) is 6.08 Å². The molecule has 5 nitrogen and oxygen atoms in total. The van der Waals surface area contributed by atoms with Crippen LogP contribution in [0.25, 0.3) is 28.6 Å². The molecule has 0 radical (unpaired) electrons. The van der Waals surface area contributed by atoms with Gasteiger partial charge in [0.2, 0.25) is 11.8 Å². The molecule has 2 N–H and O–H groups in total. The zero-order valence-electron chi connectivity index (χ0n) is 16.3. The number of amides is 1. The lowest BCUT2D eigenvalue weighted by Crippen LogP contribution is -2.33. The second-order valence-corrected chi connectivity index (χ2v) is 7.06. The third-order valence-electron chi connectivity index (χ3n) is 4.57. The zero-order valence-corrected chi connectivity index (χ0v) is 17.1. The summed E-state index contributed by atoms with van der Waals surface area (Å²) in [6.07, 6.45) is 3.18. The molecule has 0 spiro atoms. The van der Waals surface area contributed by atoms with E-state index in [4.69, 9.17) is 16.6 Å². The minimum Gasteiger partial charge on any atom is -0.436 e. The fourth-order valence-corrected chi connectivity index (χ4v) is 3.24. The number of nitrogens with one attached hydrogen (secondary N) is 2. The summed E-state index contributed by atoms with van der Waals surface area (Å²) >= 11 is 5.30. The highest BCUT2D eigenvalue weighted by atomic mass is 32.1. The molecule has 1 aromatic heterocycles. The van der Waals surface area contributed by atoms with E-state index >= 15 is 0 Å². The van der Waals surface area contributed by atoms with Crippen LogP contribution in [0.2, 0.25) is 0 Å². The second kappa shape index (κ2) is 8.71. The number of nitrogens with zero attached hydrogens (tertiary/aromatic N) is 1. The van der Waals surface area contributed by atoms with Gasteiger partial charge in [0.1, 0.15) is 5.52 Å². The molecule has 4 aromatic rings. The number of hydrogen-bond acceptors (Lipinski definition) is 4. The lowest BCUT2D eigenvalue weighted by atomic mass is 10.1. The normalized spacial score (nSPS) is 11.0. The van der Waals surface area contributed by atoms with E-state index in [2.05, 4.69) is 15.6 Å². The Morgan fingerprint density at radius 2 is 1.77 bits per heavy atom. The first-order valence-corrected chi connectivity index (χ1v) is 9.81. The lowest BCUT2D eigenvalue weighted by Gasteiger charge is -2.12.